The molecule has 1 aromatic carbocycles. The summed E-state index contributed by atoms with van der Waals surface area (Å²) < 4.78 is 0. The molecule has 0 aliphatic heterocycles. The van der Waals surface area contributed by atoms with E-state index in [1.165, 1.54) is 0 Å². The lowest BCUT2D eigenvalue weighted by Gasteiger charge is -2.09. The zero-order valence-electron chi connectivity index (χ0n) is 14.3. The number of ketones is 1. The number of nitrogens with one attached hydrogen (secondary N) is 1. The summed E-state index contributed by atoms with van der Waals surface area (Å²) in [4.78, 5) is 28.2. The Kier molecular flexibility index (Phi) is 6.08. The van der Waals surface area contributed by atoms with E-state index in [1.807, 2.05) is 19.1 Å². The van der Waals surface area contributed by atoms with E-state index in [9.17, 15) is 9.59 Å². The molecule has 23 heavy (non-hydrogen) atoms. The highest BCUT2D eigenvalue weighted by Gasteiger charge is 2.26. The van der Waals surface area contributed by atoms with E-state index >= 15 is 0 Å². The summed E-state index contributed by atoms with van der Waals surface area (Å²) in [6.45, 7) is 6.96. The van der Waals surface area contributed by atoms with Crippen LogP contribution < -0.4 is 5.32 Å². The molecule has 0 aromatic heterocycles. The molecular formula is C19H26N2O2. The minimum absolute atomic E-state index is 0.0445. The minimum atomic E-state index is -0.0708. The SMILES string of the molecule is CCC(C)CCNC(=O)c1ccc(N=C2CCC(=O)C2C)cc1. The number of carbonyl (C=O) groups is 2. The Morgan fingerprint density at radius 1 is 1.30 bits per heavy atom. The van der Waals surface area contributed by atoms with Crippen LogP contribution in [0.25, 0.3) is 0 Å². The Balaban J connectivity index is 1.93. The first-order valence-corrected chi connectivity index (χ1v) is 8.49. The van der Waals surface area contributed by atoms with Gasteiger partial charge in [-0.05, 0) is 43.0 Å². The van der Waals surface area contributed by atoms with Gasteiger partial charge in [-0.25, -0.2) is 0 Å². The molecule has 1 amide bonds. The first kappa shape index (κ1) is 17.4. The second-order valence-corrected chi connectivity index (χ2v) is 6.40. The molecule has 1 aliphatic carbocycles. The van der Waals surface area contributed by atoms with Gasteiger partial charge in [0, 0.05) is 24.2 Å². The second kappa shape index (κ2) is 8.04. The summed E-state index contributed by atoms with van der Waals surface area (Å²) in [6, 6.07) is 7.26. The summed E-state index contributed by atoms with van der Waals surface area (Å²) in [5, 5.41) is 2.95. The van der Waals surface area contributed by atoms with Crippen LogP contribution in [0.4, 0.5) is 5.69 Å². The van der Waals surface area contributed by atoms with Gasteiger partial charge in [-0.2, -0.15) is 0 Å². The predicted molar refractivity (Wildman–Crippen MR) is 93.3 cm³/mol. The average molecular weight is 314 g/mol. The molecule has 2 rings (SSSR count). The van der Waals surface area contributed by atoms with Gasteiger partial charge in [-0.1, -0.05) is 27.2 Å². The lowest BCUT2D eigenvalue weighted by atomic mass is 10.1. The molecule has 0 saturated heterocycles. The van der Waals surface area contributed by atoms with Crippen LogP contribution in [0.15, 0.2) is 29.3 Å². The quantitative estimate of drug-likeness (QED) is 0.865. The van der Waals surface area contributed by atoms with Crippen molar-refractivity contribution in [2.24, 2.45) is 16.8 Å². The van der Waals surface area contributed by atoms with E-state index in [2.05, 4.69) is 24.2 Å². The first-order chi connectivity index (χ1) is 11.0. The molecule has 1 aromatic rings. The fourth-order valence-corrected chi connectivity index (χ4v) is 2.61. The summed E-state index contributed by atoms with van der Waals surface area (Å²) in [5.74, 6) is 0.779. The van der Waals surface area contributed by atoms with Crippen LogP contribution in [0.5, 0.6) is 0 Å². The van der Waals surface area contributed by atoms with E-state index in [4.69, 9.17) is 0 Å². The van der Waals surface area contributed by atoms with Gasteiger partial charge in [0.15, 0.2) is 0 Å². The highest BCUT2D eigenvalue weighted by molar-refractivity contribution is 6.11. The Labute approximate surface area is 138 Å². The molecule has 1 N–H and O–H groups in total. The topological polar surface area (TPSA) is 58.5 Å². The van der Waals surface area contributed by atoms with E-state index in [0.29, 0.717) is 24.4 Å². The Hall–Kier alpha value is -1.97. The fraction of sp³-hybridized carbons (Fsp3) is 0.526. The molecule has 0 spiro atoms. The summed E-state index contributed by atoms with van der Waals surface area (Å²) in [5.41, 5.74) is 2.40. The number of Topliss-reactive ketones (excluding diaryl/α,β-unsaturated/α-hetero) is 1. The van der Waals surface area contributed by atoms with Gasteiger partial charge in [0.25, 0.3) is 5.91 Å². The highest BCUT2D eigenvalue weighted by atomic mass is 16.1. The Bertz CT molecular complexity index is 590. The van der Waals surface area contributed by atoms with Gasteiger partial charge >= 0.3 is 0 Å². The number of aliphatic imine (C=N–C) groups is 1. The Morgan fingerprint density at radius 2 is 2.00 bits per heavy atom. The number of rotatable bonds is 6. The third kappa shape index (κ3) is 4.75. The maximum absolute atomic E-state index is 12.1. The van der Waals surface area contributed by atoms with E-state index in [-0.39, 0.29) is 17.6 Å². The van der Waals surface area contributed by atoms with Crippen LogP contribution in [0.3, 0.4) is 0 Å². The molecule has 0 radical (unpaired) electrons. The molecule has 4 heteroatoms. The largest absolute Gasteiger partial charge is 0.352 e. The van der Waals surface area contributed by atoms with Crippen LogP contribution in [0.1, 0.15) is 56.8 Å². The molecule has 2 unspecified atom stereocenters. The standard InChI is InChI=1S/C19H26N2O2/c1-4-13(2)11-12-20-19(23)15-5-7-16(8-6-15)21-17-9-10-18(22)14(17)3/h5-8,13-14H,4,9-12H2,1-3H3,(H,20,23). The van der Waals surface area contributed by atoms with E-state index in [0.717, 1.165) is 30.7 Å². The number of carbonyl (C=O) groups excluding carboxylic acids is 2. The van der Waals surface area contributed by atoms with Crippen LogP contribution in [0.2, 0.25) is 0 Å². The zero-order chi connectivity index (χ0) is 16.8. The van der Waals surface area contributed by atoms with Gasteiger partial charge in [-0.3, -0.25) is 14.6 Å². The van der Waals surface area contributed by atoms with Crippen molar-refractivity contribution in [1.82, 2.24) is 5.32 Å². The number of hydrogen-bond donors (Lipinski definition) is 1. The molecule has 2 atom stereocenters. The van der Waals surface area contributed by atoms with Crippen molar-refractivity contribution in [3.05, 3.63) is 29.8 Å². The normalized spacial score (nSPS) is 20.7. The van der Waals surface area contributed by atoms with Crippen molar-refractivity contribution < 1.29 is 9.59 Å². The van der Waals surface area contributed by atoms with Crippen LogP contribution in [-0.4, -0.2) is 23.9 Å². The fourth-order valence-electron chi connectivity index (χ4n) is 2.61. The molecule has 4 nitrogen and oxygen atoms in total. The number of hydrogen-bond acceptors (Lipinski definition) is 3. The molecular weight excluding hydrogens is 288 g/mol. The Morgan fingerprint density at radius 3 is 2.57 bits per heavy atom. The summed E-state index contributed by atoms with van der Waals surface area (Å²) in [7, 11) is 0. The third-order valence-electron chi connectivity index (χ3n) is 4.63. The summed E-state index contributed by atoms with van der Waals surface area (Å²) >= 11 is 0. The first-order valence-electron chi connectivity index (χ1n) is 8.49. The molecule has 1 fully saturated rings. The maximum Gasteiger partial charge on any atom is 0.251 e. The third-order valence-corrected chi connectivity index (χ3v) is 4.63. The van der Waals surface area contributed by atoms with Gasteiger partial charge in [0.1, 0.15) is 5.78 Å². The number of amides is 1. The van der Waals surface area contributed by atoms with Gasteiger partial charge in [-0.15, -0.1) is 0 Å². The lowest BCUT2D eigenvalue weighted by Crippen LogP contribution is -2.25. The van der Waals surface area contributed by atoms with Crippen molar-refractivity contribution in [3.8, 4) is 0 Å². The summed E-state index contributed by atoms with van der Waals surface area (Å²) in [6.07, 6.45) is 3.47. The van der Waals surface area contributed by atoms with Crippen LogP contribution >= 0.6 is 0 Å². The molecule has 1 saturated carbocycles. The zero-order valence-corrected chi connectivity index (χ0v) is 14.3. The maximum atomic E-state index is 12.1. The van der Waals surface area contributed by atoms with Crippen molar-refractivity contribution in [2.75, 3.05) is 6.54 Å². The van der Waals surface area contributed by atoms with Crippen molar-refractivity contribution >= 4 is 23.1 Å². The van der Waals surface area contributed by atoms with Gasteiger partial charge in [0.2, 0.25) is 0 Å². The molecule has 0 bridgehead atoms. The van der Waals surface area contributed by atoms with Gasteiger partial charge in [0.05, 0.1) is 11.6 Å². The number of benzene rings is 1. The lowest BCUT2D eigenvalue weighted by molar-refractivity contribution is -0.119. The van der Waals surface area contributed by atoms with Crippen LogP contribution in [0, 0.1) is 11.8 Å². The van der Waals surface area contributed by atoms with Crippen molar-refractivity contribution in [1.29, 1.82) is 0 Å². The van der Waals surface area contributed by atoms with E-state index < -0.39 is 0 Å². The predicted octanol–water partition coefficient (Wildman–Crippen LogP) is 3.92. The van der Waals surface area contributed by atoms with Crippen molar-refractivity contribution in [2.45, 2.75) is 46.5 Å². The van der Waals surface area contributed by atoms with Gasteiger partial charge < -0.3 is 5.32 Å². The number of nitrogens with zero attached hydrogens (tertiary/aromatic N) is 1. The monoisotopic (exact) mass is 314 g/mol. The van der Waals surface area contributed by atoms with Crippen LogP contribution in [-0.2, 0) is 4.79 Å². The molecule has 124 valence electrons. The average Bonchev–Trinajstić information content (AvgIpc) is 2.87. The minimum Gasteiger partial charge on any atom is -0.352 e. The van der Waals surface area contributed by atoms with Crippen molar-refractivity contribution in [3.63, 3.8) is 0 Å². The van der Waals surface area contributed by atoms with E-state index in [1.54, 1.807) is 12.1 Å². The highest BCUT2D eigenvalue weighted by Crippen LogP contribution is 2.23. The second-order valence-electron chi connectivity index (χ2n) is 6.40. The molecule has 0 heterocycles. The molecule has 1 aliphatic rings. The smallest absolute Gasteiger partial charge is 0.251 e.